The van der Waals surface area contributed by atoms with E-state index in [1.165, 1.54) is 23.3 Å². The summed E-state index contributed by atoms with van der Waals surface area (Å²) in [7, 11) is 0. The molecule has 2 heterocycles. The van der Waals surface area contributed by atoms with E-state index in [4.69, 9.17) is 0 Å². The third-order valence-electron chi connectivity index (χ3n) is 4.29. The normalized spacial score (nSPS) is 13.9. The van der Waals surface area contributed by atoms with Gasteiger partial charge >= 0.3 is 6.18 Å². The summed E-state index contributed by atoms with van der Waals surface area (Å²) in [5.74, 6) is 0. The average Bonchev–Trinajstić information content (AvgIpc) is 3.23. The second-order valence-electron chi connectivity index (χ2n) is 6.08. The highest BCUT2D eigenvalue weighted by atomic mass is 19.4. The van der Waals surface area contributed by atoms with Crippen LogP contribution in [-0.2, 0) is 25.8 Å². The van der Waals surface area contributed by atoms with Crippen molar-refractivity contribution in [3.8, 4) is 11.3 Å². The number of halogens is 3. The van der Waals surface area contributed by atoms with Crippen molar-refractivity contribution in [1.82, 2.24) is 20.3 Å². The van der Waals surface area contributed by atoms with Crippen molar-refractivity contribution < 1.29 is 13.2 Å². The highest BCUT2D eigenvalue weighted by Gasteiger charge is 2.30. The van der Waals surface area contributed by atoms with Crippen LogP contribution in [0.15, 0.2) is 48.7 Å². The Morgan fingerprint density at radius 2 is 1.76 bits per heavy atom. The van der Waals surface area contributed by atoms with Crippen LogP contribution in [0.3, 0.4) is 0 Å². The minimum Gasteiger partial charge on any atom is -0.309 e. The Hall–Kier alpha value is -2.67. The molecule has 0 saturated carbocycles. The molecular weight excluding hydrogens is 329 g/mol. The molecule has 1 aliphatic rings. The Kier molecular flexibility index (Phi) is 3.80. The first-order valence-corrected chi connectivity index (χ1v) is 7.88. The molecule has 4 rings (SSSR count). The molecule has 0 bridgehead atoms. The molecule has 0 unspecified atom stereocenters. The van der Waals surface area contributed by atoms with Crippen LogP contribution in [0.25, 0.3) is 11.3 Å². The number of aromatic nitrogens is 3. The van der Waals surface area contributed by atoms with Gasteiger partial charge in [0.05, 0.1) is 18.3 Å². The summed E-state index contributed by atoms with van der Waals surface area (Å²) in [6.07, 6.45) is -2.59. The lowest BCUT2D eigenvalue weighted by atomic mass is 10.1. The van der Waals surface area contributed by atoms with Crippen molar-refractivity contribution in [2.45, 2.75) is 25.8 Å². The van der Waals surface area contributed by atoms with E-state index in [1.54, 1.807) is 10.9 Å². The second kappa shape index (κ2) is 6.00. The van der Waals surface area contributed by atoms with E-state index in [2.05, 4.69) is 33.8 Å². The number of alkyl halides is 3. The maximum absolute atomic E-state index is 12.6. The molecular formula is C18H15F3N4. The highest BCUT2D eigenvalue weighted by Crippen LogP contribution is 2.30. The number of rotatable bonds is 3. The number of benzene rings is 2. The molecule has 3 aromatic rings. The second-order valence-corrected chi connectivity index (χ2v) is 6.08. The number of hydrogen-bond acceptors (Lipinski definition) is 3. The Labute approximate surface area is 142 Å². The van der Waals surface area contributed by atoms with Crippen LogP contribution in [0.4, 0.5) is 13.2 Å². The summed E-state index contributed by atoms with van der Waals surface area (Å²) in [5, 5.41) is 11.5. The highest BCUT2D eigenvalue weighted by molar-refractivity contribution is 5.58. The van der Waals surface area contributed by atoms with Gasteiger partial charge in [0.1, 0.15) is 5.69 Å². The third kappa shape index (κ3) is 3.28. The summed E-state index contributed by atoms with van der Waals surface area (Å²) >= 11 is 0. The summed E-state index contributed by atoms with van der Waals surface area (Å²) in [5.41, 5.74) is 4.21. The molecule has 0 radical (unpaired) electrons. The molecule has 1 aliphatic heterocycles. The number of fused-ring (bicyclic) bond motifs is 1. The van der Waals surface area contributed by atoms with Gasteiger partial charge in [0, 0.05) is 18.7 Å². The molecule has 4 nitrogen and oxygen atoms in total. The van der Waals surface area contributed by atoms with Crippen LogP contribution in [0.1, 0.15) is 22.3 Å². The van der Waals surface area contributed by atoms with Crippen LogP contribution < -0.4 is 5.32 Å². The molecule has 0 aliphatic carbocycles. The van der Waals surface area contributed by atoms with Crippen LogP contribution in [-0.4, -0.2) is 15.0 Å². The first kappa shape index (κ1) is 15.8. The zero-order valence-electron chi connectivity index (χ0n) is 13.2. The van der Waals surface area contributed by atoms with Crippen molar-refractivity contribution in [2.24, 2.45) is 0 Å². The van der Waals surface area contributed by atoms with Gasteiger partial charge in [-0.15, -0.1) is 5.10 Å². The van der Waals surface area contributed by atoms with E-state index in [9.17, 15) is 13.2 Å². The molecule has 128 valence electrons. The Bertz CT molecular complexity index is 897. The predicted molar refractivity (Wildman–Crippen MR) is 86.5 cm³/mol. The van der Waals surface area contributed by atoms with E-state index < -0.39 is 11.7 Å². The molecule has 7 heteroatoms. The smallest absolute Gasteiger partial charge is 0.309 e. The largest absolute Gasteiger partial charge is 0.416 e. The minimum absolute atomic E-state index is 0.552. The Morgan fingerprint density at radius 3 is 2.52 bits per heavy atom. The minimum atomic E-state index is -4.33. The van der Waals surface area contributed by atoms with Gasteiger partial charge < -0.3 is 5.32 Å². The maximum atomic E-state index is 12.6. The topological polar surface area (TPSA) is 42.7 Å². The summed E-state index contributed by atoms with van der Waals surface area (Å²) in [6, 6.07) is 11.3. The lowest BCUT2D eigenvalue weighted by Gasteiger charge is -2.06. The maximum Gasteiger partial charge on any atom is 0.416 e. The third-order valence-corrected chi connectivity index (χ3v) is 4.29. The van der Waals surface area contributed by atoms with Crippen LogP contribution in [0.2, 0.25) is 0 Å². The monoisotopic (exact) mass is 344 g/mol. The number of nitrogens with zero attached hydrogens (tertiary/aromatic N) is 3. The van der Waals surface area contributed by atoms with E-state index >= 15 is 0 Å². The van der Waals surface area contributed by atoms with Crippen LogP contribution in [0, 0.1) is 0 Å². The molecule has 0 saturated heterocycles. The Balaban J connectivity index is 1.52. The number of hydrogen-bond donors (Lipinski definition) is 1. The van der Waals surface area contributed by atoms with Gasteiger partial charge in [-0.1, -0.05) is 35.5 Å². The predicted octanol–water partition coefficient (Wildman–Crippen LogP) is 3.62. The van der Waals surface area contributed by atoms with Gasteiger partial charge in [-0.25, -0.2) is 4.68 Å². The summed E-state index contributed by atoms with van der Waals surface area (Å²) in [4.78, 5) is 0. The molecule has 2 aromatic carbocycles. The molecule has 0 atom stereocenters. The first-order chi connectivity index (χ1) is 12.0. The van der Waals surface area contributed by atoms with Gasteiger partial charge in [0.15, 0.2) is 0 Å². The van der Waals surface area contributed by atoms with Gasteiger partial charge in [0.2, 0.25) is 0 Å². The van der Waals surface area contributed by atoms with Crippen molar-refractivity contribution in [1.29, 1.82) is 0 Å². The van der Waals surface area contributed by atoms with Crippen molar-refractivity contribution in [3.63, 3.8) is 0 Å². The zero-order valence-corrected chi connectivity index (χ0v) is 13.2. The van der Waals surface area contributed by atoms with Crippen LogP contribution in [0.5, 0.6) is 0 Å². The van der Waals surface area contributed by atoms with E-state index in [0.29, 0.717) is 17.8 Å². The molecule has 0 amide bonds. The SMILES string of the molecule is FC(F)(F)c1ccc(-c2cn(Cc3ccc4c(c3)CNC4)nn2)cc1. The van der Waals surface area contributed by atoms with Gasteiger partial charge in [0.25, 0.3) is 0 Å². The van der Waals surface area contributed by atoms with Gasteiger partial charge in [-0.05, 0) is 28.8 Å². The molecule has 1 N–H and O–H groups in total. The van der Waals surface area contributed by atoms with Crippen molar-refractivity contribution in [2.75, 3.05) is 0 Å². The lowest BCUT2D eigenvalue weighted by Crippen LogP contribution is -2.04. The Morgan fingerprint density at radius 1 is 1.00 bits per heavy atom. The summed E-state index contributed by atoms with van der Waals surface area (Å²) in [6.45, 7) is 2.34. The van der Waals surface area contributed by atoms with Gasteiger partial charge in [-0.3, -0.25) is 0 Å². The molecule has 0 fully saturated rings. The van der Waals surface area contributed by atoms with E-state index in [1.807, 2.05) is 0 Å². The number of nitrogens with one attached hydrogen (secondary N) is 1. The van der Waals surface area contributed by atoms with Gasteiger partial charge in [-0.2, -0.15) is 13.2 Å². The standard InChI is InChI=1S/C18H15F3N4/c19-18(20,21)16-5-3-13(4-6-16)17-11-25(24-23-17)10-12-1-2-14-8-22-9-15(14)7-12/h1-7,11,22H,8-10H2. The first-order valence-electron chi connectivity index (χ1n) is 7.88. The fourth-order valence-electron chi connectivity index (χ4n) is 2.97. The van der Waals surface area contributed by atoms with Crippen molar-refractivity contribution in [3.05, 3.63) is 70.9 Å². The quantitative estimate of drug-likeness (QED) is 0.789. The fourth-order valence-corrected chi connectivity index (χ4v) is 2.97. The summed E-state index contributed by atoms with van der Waals surface area (Å²) < 4.78 is 39.6. The van der Waals surface area contributed by atoms with Crippen LogP contribution >= 0.6 is 0 Å². The molecule has 25 heavy (non-hydrogen) atoms. The zero-order chi connectivity index (χ0) is 17.4. The molecule has 1 aromatic heterocycles. The average molecular weight is 344 g/mol. The van der Waals surface area contributed by atoms with E-state index in [-0.39, 0.29) is 0 Å². The molecule has 0 spiro atoms. The van der Waals surface area contributed by atoms with E-state index in [0.717, 1.165) is 30.8 Å². The van der Waals surface area contributed by atoms with Crippen molar-refractivity contribution >= 4 is 0 Å². The lowest BCUT2D eigenvalue weighted by molar-refractivity contribution is -0.137. The fraction of sp³-hybridized carbons (Fsp3) is 0.222.